The average molecular weight is 524 g/mol. The second-order valence-corrected chi connectivity index (χ2v) is 11.1. The Morgan fingerprint density at radius 1 is 1.19 bits per heavy atom. The minimum atomic E-state index is -0.916. The topological polar surface area (TPSA) is 108 Å². The van der Waals surface area contributed by atoms with Gasteiger partial charge in [0.25, 0.3) is 0 Å². The number of hydrogen-bond acceptors (Lipinski definition) is 6. The fraction of sp³-hybridized carbons (Fsp3) is 0.667. The van der Waals surface area contributed by atoms with E-state index in [9.17, 15) is 19.5 Å². The number of hydrogen-bond donors (Lipinski definition) is 3. The Labute approximate surface area is 220 Å². The molecule has 1 aromatic carbocycles. The van der Waals surface area contributed by atoms with Crippen LogP contribution in [0.25, 0.3) is 0 Å². The maximum atomic E-state index is 14.1. The molecule has 3 atom stereocenters. The molecule has 9 heteroatoms. The molecule has 0 saturated carbocycles. The van der Waals surface area contributed by atoms with Crippen LogP contribution in [-0.4, -0.2) is 64.2 Å². The van der Waals surface area contributed by atoms with E-state index in [0.29, 0.717) is 36.3 Å². The third-order valence-electron chi connectivity index (χ3n) is 5.81. The van der Waals surface area contributed by atoms with Crippen molar-refractivity contribution in [1.82, 2.24) is 15.5 Å². The van der Waals surface area contributed by atoms with Crippen molar-refractivity contribution in [2.75, 3.05) is 18.6 Å². The molecule has 3 unspecified atom stereocenters. The Hall–Kier alpha value is -2.42. The fourth-order valence-electron chi connectivity index (χ4n) is 3.69. The van der Waals surface area contributed by atoms with Gasteiger partial charge in [0.2, 0.25) is 11.8 Å². The van der Waals surface area contributed by atoms with Gasteiger partial charge in [0, 0.05) is 12.6 Å². The van der Waals surface area contributed by atoms with Gasteiger partial charge in [0.05, 0.1) is 0 Å². The predicted molar refractivity (Wildman–Crippen MR) is 146 cm³/mol. The number of nitrogens with one attached hydrogen (secondary N) is 2. The van der Waals surface area contributed by atoms with Gasteiger partial charge in [-0.25, -0.2) is 4.79 Å². The number of ether oxygens (including phenoxy) is 1. The SMILES string of the molecule is CCCCNC(=O)C(c1ccc(O)c(C)c1)N(C(=O)C(CCSC)NC(=O)OC(C)(C)C)C(C)CC. The van der Waals surface area contributed by atoms with Crippen molar-refractivity contribution < 1.29 is 24.2 Å². The largest absolute Gasteiger partial charge is 0.508 e. The summed E-state index contributed by atoms with van der Waals surface area (Å²) in [4.78, 5) is 41.8. The van der Waals surface area contributed by atoms with Gasteiger partial charge < -0.3 is 25.4 Å². The molecule has 0 fully saturated rings. The van der Waals surface area contributed by atoms with Crippen LogP contribution in [0.2, 0.25) is 0 Å². The van der Waals surface area contributed by atoms with Crippen molar-refractivity contribution in [3.8, 4) is 5.75 Å². The summed E-state index contributed by atoms with van der Waals surface area (Å²) < 4.78 is 5.42. The summed E-state index contributed by atoms with van der Waals surface area (Å²) in [6.45, 7) is 13.4. The minimum Gasteiger partial charge on any atom is -0.508 e. The maximum Gasteiger partial charge on any atom is 0.408 e. The van der Waals surface area contributed by atoms with E-state index in [2.05, 4.69) is 10.6 Å². The van der Waals surface area contributed by atoms with Crippen LogP contribution in [0, 0.1) is 6.92 Å². The molecular formula is C27H45N3O5S. The standard InChI is InChI=1S/C27H45N3O5S/c1-9-11-15-28-24(32)23(20-12-13-22(31)18(3)17-20)30(19(4)10-2)25(33)21(14-16-36-8)29-26(34)35-27(5,6)7/h12-13,17,19,21,23,31H,9-11,14-16H2,1-8H3,(H,28,32)(H,29,34). The molecule has 0 bridgehead atoms. The summed E-state index contributed by atoms with van der Waals surface area (Å²) in [5, 5.41) is 15.8. The molecule has 3 amide bonds. The number of phenols is 1. The van der Waals surface area contributed by atoms with Crippen LogP contribution in [0.3, 0.4) is 0 Å². The van der Waals surface area contributed by atoms with Gasteiger partial charge in [0.1, 0.15) is 23.4 Å². The van der Waals surface area contributed by atoms with Crippen molar-refractivity contribution in [2.45, 2.75) is 97.9 Å². The molecule has 0 radical (unpaired) electrons. The van der Waals surface area contributed by atoms with Crippen LogP contribution in [0.4, 0.5) is 4.79 Å². The molecule has 0 spiro atoms. The van der Waals surface area contributed by atoms with Crippen molar-refractivity contribution in [3.05, 3.63) is 29.3 Å². The summed E-state index contributed by atoms with van der Waals surface area (Å²) in [6.07, 6.45) is 4.02. The third-order valence-corrected chi connectivity index (χ3v) is 6.46. The van der Waals surface area contributed by atoms with Crippen LogP contribution in [0.15, 0.2) is 18.2 Å². The van der Waals surface area contributed by atoms with Gasteiger partial charge in [-0.2, -0.15) is 11.8 Å². The molecule has 0 aliphatic rings. The van der Waals surface area contributed by atoms with Gasteiger partial charge in [-0.3, -0.25) is 9.59 Å². The van der Waals surface area contributed by atoms with E-state index in [4.69, 9.17) is 4.74 Å². The number of carbonyl (C=O) groups excluding carboxylic acids is 3. The summed E-state index contributed by atoms with van der Waals surface area (Å²) in [7, 11) is 0. The summed E-state index contributed by atoms with van der Waals surface area (Å²) in [6, 6.07) is 2.89. The highest BCUT2D eigenvalue weighted by Crippen LogP contribution is 2.29. The van der Waals surface area contributed by atoms with Crippen LogP contribution in [0.1, 0.15) is 84.4 Å². The van der Waals surface area contributed by atoms with E-state index in [1.807, 2.05) is 27.0 Å². The number of aromatic hydroxyl groups is 1. The molecule has 36 heavy (non-hydrogen) atoms. The Morgan fingerprint density at radius 2 is 1.86 bits per heavy atom. The molecular weight excluding hydrogens is 478 g/mol. The molecule has 0 heterocycles. The Balaban J connectivity index is 3.50. The highest BCUT2D eigenvalue weighted by atomic mass is 32.2. The Kier molecular flexibility index (Phi) is 13.1. The number of aryl methyl sites for hydroxylation is 1. The number of nitrogens with zero attached hydrogens (tertiary/aromatic N) is 1. The first kappa shape index (κ1) is 31.6. The van der Waals surface area contributed by atoms with Gasteiger partial charge in [0.15, 0.2) is 0 Å². The summed E-state index contributed by atoms with van der Waals surface area (Å²) in [5.74, 6) is 0.134. The number of alkyl carbamates (subject to hydrolysis) is 1. The summed E-state index contributed by atoms with van der Waals surface area (Å²) >= 11 is 1.57. The molecule has 0 aliphatic carbocycles. The average Bonchev–Trinajstić information content (AvgIpc) is 2.80. The Morgan fingerprint density at radius 3 is 2.39 bits per heavy atom. The normalized spacial score (nSPS) is 13.9. The van der Waals surface area contributed by atoms with Crippen LogP contribution < -0.4 is 10.6 Å². The molecule has 0 aromatic heterocycles. The van der Waals surface area contributed by atoms with Crippen molar-refractivity contribution in [2.24, 2.45) is 0 Å². The second kappa shape index (κ2) is 15.0. The molecule has 1 rings (SSSR count). The number of rotatable bonds is 13. The molecule has 204 valence electrons. The predicted octanol–water partition coefficient (Wildman–Crippen LogP) is 4.93. The number of thioether (sulfide) groups is 1. The van der Waals surface area contributed by atoms with Gasteiger partial charge in [-0.1, -0.05) is 26.3 Å². The third kappa shape index (κ3) is 9.91. The minimum absolute atomic E-state index is 0.120. The molecule has 0 aliphatic heterocycles. The molecule has 0 saturated heterocycles. The smallest absolute Gasteiger partial charge is 0.408 e. The van der Waals surface area contributed by atoms with Gasteiger partial charge >= 0.3 is 6.09 Å². The lowest BCUT2D eigenvalue weighted by Gasteiger charge is -2.38. The van der Waals surface area contributed by atoms with Crippen LogP contribution >= 0.6 is 11.8 Å². The van der Waals surface area contributed by atoms with E-state index >= 15 is 0 Å². The lowest BCUT2D eigenvalue weighted by Crippen LogP contribution is -2.55. The van der Waals surface area contributed by atoms with Crippen LogP contribution in [0.5, 0.6) is 5.75 Å². The van der Waals surface area contributed by atoms with Crippen molar-refractivity contribution in [1.29, 1.82) is 0 Å². The number of carbonyl (C=O) groups is 3. The van der Waals surface area contributed by atoms with E-state index < -0.39 is 23.8 Å². The zero-order chi connectivity index (χ0) is 27.5. The lowest BCUT2D eigenvalue weighted by molar-refractivity contribution is -0.145. The first-order chi connectivity index (χ1) is 16.9. The highest BCUT2D eigenvalue weighted by molar-refractivity contribution is 7.98. The van der Waals surface area contributed by atoms with Crippen LogP contribution in [-0.2, 0) is 14.3 Å². The molecule has 3 N–H and O–H groups in total. The lowest BCUT2D eigenvalue weighted by atomic mass is 9.97. The first-order valence-corrected chi connectivity index (χ1v) is 14.1. The van der Waals surface area contributed by atoms with Crippen molar-refractivity contribution in [3.63, 3.8) is 0 Å². The van der Waals surface area contributed by atoms with E-state index in [0.717, 1.165) is 12.8 Å². The maximum absolute atomic E-state index is 14.1. The number of benzene rings is 1. The first-order valence-electron chi connectivity index (χ1n) is 12.7. The molecule has 1 aromatic rings. The highest BCUT2D eigenvalue weighted by Gasteiger charge is 2.38. The van der Waals surface area contributed by atoms with E-state index in [1.54, 1.807) is 62.6 Å². The quantitative estimate of drug-likeness (QED) is 0.316. The number of unbranched alkanes of at least 4 members (excludes halogenated alkanes) is 1. The second-order valence-electron chi connectivity index (χ2n) is 10.1. The van der Waals surface area contributed by atoms with E-state index in [1.165, 1.54) is 0 Å². The van der Waals surface area contributed by atoms with Gasteiger partial charge in [-0.15, -0.1) is 0 Å². The van der Waals surface area contributed by atoms with E-state index in [-0.39, 0.29) is 23.6 Å². The number of phenolic OH excluding ortho intramolecular Hbond substituents is 1. The fourth-order valence-corrected chi connectivity index (χ4v) is 4.16. The molecule has 8 nitrogen and oxygen atoms in total. The van der Waals surface area contributed by atoms with Crippen molar-refractivity contribution >= 4 is 29.7 Å². The Bertz CT molecular complexity index is 871. The zero-order valence-electron chi connectivity index (χ0n) is 23.1. The van der Waals surface area contributed by atoms with Gasteiger partial charge in [-0.05, 0) is 89.1 Å². The summed E-state index contributed by atoms with van der Waals surface area (Å²) in [5.41, 5.74) is 0.508. The number of amides is 3. The monoisotopic (exact) mass is 523 g/mol. The zero-order valence-corrected chi connectivity index (χ0v) is 24.0.